The van der Waals surface area contributed by atoms with Crippen LogP contribution in [0.5, 0.6) is 0 Å². The summed E-state index contributed by atoms with van der Waals surface area (Å²) in [5.74, 6) is 1.57. The summed E-state index contributed by atoms with van der Waals surface area (Å²) in [4.78, 5) is 14.3. The number of hydrogen-bond donors (Lipinski definition) is 1. The third kappa shape index (κ3) is 5.94. The van der Waals surface area contributed by atoms with E-state index in [1.807, 2.05) is 19.0 Å². The second-order valence-corrected chi connectivity index (χ2v) is 6.08. The number of unbranched alkanes of at least 4 members (excludes halogenated alkanes) is 1. The number of nitrogens with one attached hydrogen (secondary N) is 1. The lowest BCUT2D eigenvalue weighted by Crippen LogP contribution is -2.36. The lowest BCUT2D eigenvalue weighted by Gasteiger charge is -2.30. The van der Waals surface area contributed by atoms with Crippen LogP contribution in [0.1, 0.15) is 58.3 Å². The summed E-state index contributed by atoms with van der Waals surface area (Å²) in [6.45, 7) is 4.13. The Kier molecular flexibility index (Phi) is 8.11. The van der Waals surface area contributed by atoms with Crippen molar-refractivity contribution in [3.63, 3.8) is 0 Å². The Morgan fingerprint density at radius 1 is 1.21 bits per heavy atom. The molecule has 3 nitrogen and oxygen atoms in total. The van der Waals surface area contributed by atoms with Crippen molar-refractivity contribution in [1.82, 2.24) is 10.2 Å². The highest BCUT2D eigenvalue weighted by molar-refractivity contribution is 5.78. The van der Waals surface area contributed by atoms with E-state index < -0.39 is 0 Å². The Balaban J connectivity index is 2.24. The Labute approximate surface area is 119 Å². The summed E-state index contributed by atoms with van der Waals surface area (Å²) in [6.07, 6.45) is 9.83. The molecule has 1 N–H and O–H groups in total. The average molecular weight is 268 g/mol. The molecule has 0 spiro atoms. The van der Waals surface area contributed by atoms with Crippen molar-refractivity contribution in [1.29, 1.82) is 0 Å². The molecule has 0 saturated heterocycles. The van der Waals surface area contributed by atoms with E-state index in [-0.39, 0.29) is 0 Å². The van der Waals surface area contributed by atoms with E-state index in [4.69, 9.17) is 0 Å². The van der Waals surface area contributed by atoms with Crippen molar-refractivity contribution >= 4 is 5.91 Å². The second kappa shape index (κ2) is 9.35. The minimum Gasteiger partial charge on any atom is -0.345 e. The van der Waals surface area contributed by atoms with Gasteiger partial charge >= 0.3 is 0 Å². The second-order valence-electron chi connectivity index (χ2n) is 6.08. The molecule has 19 heavy (non-hydrogen) atoms. The monoisotopic (exact) mass is 268 g/mol. The quantitative estimate of drug-likeness (QED) is 0.686. The first-order valence-corrected chi connectivity index (χ1v) is 8.08. The van der Waals surface area contributed by atoms with E-state index in [1.165, 1.54) is 32.1 Å². The van der Waals surface area contributed by atoms with Crippen molar-refractivity contribution in [2.24, 2.45) is 11.8 Å². The van der Waals surface area contributed by atoms with Crippen LogP contribution in [0.15, 0.2) is 0 Å². The number of hydrogen-bond acceptors (Lipinski definition) is 2. The van der Waals surface area contributed by atoms with Gasteiger partial charge in [-0.3, -0.25) is 4.79 Å². The molecule has 0 heterocycles. The molecule has 0 aliphatic heterocycles. The van der Waals surface area contributed by atoms with E-state index in [1.54, 1.807) is 0 Å². The highest BCUT2D eigenvalue weighted by atomic mass is 16.2. The molecule has 1 aliphatic carbocycles. The van der Waals surface area contributed by atoms with Crippen molar-refractivity contribution < 1.29 is 4.79 Å². The summed E-state index contributed by atoms with van der Waals surface area (Å²) in [5, 5.41) is 3.13. The summed E-state index contributed by atoms with van der Waals surface area (Å²) >= 11 is 0. The smallest absolute Gasteiger partial charge is 0.225 e. The molecule has 1 saturated carbocycles. The maximum absolute atomic E-state index is 12.3. The normalized spacial score (nSPS) is 23.3. The maximum Gasteiger partial charge on any atom is 0.225 e. The zero-order valence-corrected chi connectivity index (χ0v) is 13.1. The molecule has 112 valence electrons. The van der Waals surface area contributed by atoms with Crippen LogP contribution in [0.4, 0.5) is 0 Å². The van der Waals surface area contributed by atoms with Gasteiger partial charge < -0.3 is 10.2 Å². The summed E-state index contributed by atoms with van der Waals surface area (Å²) in [6, 6.07) is 0. The van der Waals surface area contributed by atoms with Crippen molar-refractivity contribution in [2.75, 3.05) is 27.2 Å². The topological polar surface area (TPSA) is 32.3 Å². The van der Waals surface area contributed by atoms with Crippen LogP contribution in [-0.2, 0) is 4.79 Å². The third-order valence-corrected chi connectivity index (χ3v) is 4.46. The van der Waals surface area contributed by atoms with Gasteiger partial charge in [-0.15, -0.1) is 0 Å². The van der Waals surface area contributed by atoms with Crippen molar-refractivity contribution in [3.05, 3.63) is 0 Å². The van der Waals surface area contributed by atoms with E-state index in [0.717, 1.165) is 38.3 Å². The maximum atomic E-state index is 12.3. The zero-order valence-electron chi connectivity index (χ0n) is 13.1. The fourth-order valence-electron chi connectivity index (χ4n) is 3.11. The van der Waals surface area contributed by atoms with Gasteiger partial charge in [-0.05, 0) is 51.6 Å². The standard InChI is InChI=1S/C16H32N2O/c1-4-5-7-14-8-10-15(11-9-14)16(19)18(3)13-6-12-17-2/h14-15,17H,4-13H2,1-3H3. The molecule has 3 heteroatoms. The van der Waals surface area contributed by atoms with Gasteiger partial charge in [-0.25, -0.2) is 0 Å². The number of rotatable bonds is 8. The van der Waals surface area contributed by atoms with Crippen LogP contribution < -0.4 is 5.32 Å². The highest BCUT2D eigenvalue weighted by Gasteiger charge is 2.27. The molecule has 1 fully saturated rings. The first-order valence-electron chi connectivity index (χ1n) is 8.08. The Hall–Kier alpha value is -0.570. The van der Waals surface area contributed by atoms with Crippen molar-refractivity contribution in [3.8, 4) is 0 Å². The van der Waals surface area contributed by atoms with E-state index in [2.05, 4.69) is 12.2 Å². The first-order chi connectivity index (χ1) is 9.19. The summed E-state index contributed by atoms with van der Waals surface area (Å²) in [7, 11) is 3.92. The molecule has 0 atom stereocenters. The molecule has 1 aliphatic rings. The molecular weight excluding hydrogens is 236 g/mol. The molecule has 0 aromatic heterocycles. The fraction of sp³-hybridized carbons (Fsp3) is 0.938. The highest BCUT2D eigenvalue weighted by Crippen LogP contribution is 2.32. The molecule has 0 radical (unpaired) electrons. The zero-order chi connectivity index (χ0) is 14.1. The molecule has 0 aromatic rings. The van der Waals surface area contributed by atoms with Gasteiger partial charge in [0.1, 0.15) is 0 Å². The van der Waals surface area contributed by atoms with Crippen LogP contribution in [0, 0.1) is 11.8 Å². The van der Waals surface area contributed by atoms with E-state index in [0.29, 0.717) is 11.8 Å². The summed E-state index contributed by atoms with van der Waals surface area (Å²) < 4.78 is 0. The SMILES string of the molecule is CCCCC1CCC(C(=O)N(C)CCCNC)CC1. The number of carbonyl (C=O) groups is 1. The lowest BCUT2D eigenvalue weighted by molar-refractivity contribution is -0.135. The molecule has 0 bridgehead atoms. The van der Waals surface area contributed by atoms with Crippen molar-refractivity contribution in [2.45, 2.75) is 58.3 Å². The van der Waals surface area contributed by atoms with Gasteiger partial charge in [0.2, 0.25) is 5.91 Å². The molecular formula is C16H32N2O. The van der Waals surface area contributed by atoms with Crippen LogP contribution in [0.3, 0.4) is 0 Å². The number of nitrogens with zero attached hydrogens (tertiary/aromatic N) is 1. The summed E-state index contributed by atoms with van der Waals surface area (Å²) in [5.41, 5.74) is 0. The minimum atomic E-state index is 0.303. The van der Waals surface area contributed by atoms with E-state index >= 15 is 0 Å². The Morgan fingerprint density at radius 3 is 2.47 bits per heavy atom. The molecule has 0 aromatic carbocycles. The Bertz CT molecular complexity index is 247. The predicted molar refractivity (Wildman–Crippen MR) is 81.2 cm³/mol. The van der Waals surface area contributed by atoms with Crippen LogP contribution in [-0.4, -0.2) is 38.0 Å². The largest absolute Gasteiger partial charge is 0.345 e. The van der Waals surface area contributed by atoms with Gasteiger partial charge in [-0.1, -0.05) is 26.2 Å². The minimum absolute atomic E-state index is 0.303. The van der Waals surface area contributed by atoms with Crippen LogP contribution >= 0.6 is 0 Å². The van der Waals surface area contributed by atoms with Gasteiger partial charge in [0.25, 0.3) is 0 Å². The van der Waals surface area contributed by atoms with Crippen LogP contribution in [0.25, 0.3) is 0 Å². The van der Waals surface area contributed by atoms with E-state index in [9.17, 15) is 4.79 Å². The Morgan fingerprint density at radius 2 is 1.89 bits per heavy atom. The van der Waals surface area contributed by atoms with Gasteiger partial charge in [0.15, 0.2) is 0 Å². The van der Waals surface area contributed by atoms with Gasteiger partial charge in [0.05, 0.1) is 0 Å². The third-order valence-electron chi connectivity index (χ3n) is 4.46. The van der Waals surface area contributed by atoms with Gasteiger partial charge in [-0.2, -0.15) is 0 Å². The number of amides is 1. The molecule has 1 rings (SSSR count). The molecule has 0 unspecified atom stereocenters. The predicted octanol–water partition coefficient (Wildman–Crippen LogP) is 3.05. The van der Waals surface area contributed by atoms with Crippen LogP contribution in [0.2, 0.25) is 0 Å². The number of carbonyl (C=O) groups excluding carboxylic acids is 1. The molecule has 1 amide bonds. The average Bonchev–Trinajstić information content (AvgIpc) is 2.45. The fourth-order valence-corrected chi connectivity index (χ4v) is 3.11. The first kappa shape index (κ1) is 16.5. The van der Waals surface area contributed by atoms with Gasteiger partial charge in [0, 0.05) is 19.5 Å². The lowest BCUT2D eigenvalue weighted by atomic mass is 9.79.